The van der Waals surface area contributed by atoms with Crippen molar-refractivity contribution in [2.75, 3.05) is 13.2 Å². The number of nitrogens with one attached hydrogen (secondary N) is 1. The fourth-order valence-corrected chi connectivity index (χ4v) is 3.13. The van der Waals surface area contributed by atoms with Gasteiger partial charge in [-0.2, -0.15) is 13.2 Å². The number of carbonyl (C=O) groups is 1. The first kappa shape index (κ1) is 25.1. The predicted octanol–water partition coefficient (Wildman–Crippen LogP) is 1.63. The average molecular weight is 415 g/mol. The van der Waals surface area contributed by atoms with Crippen molar-refractivity contribution < 1.29 is 42.8 Å². The molecule has 5 atom stereocenters. The fraction of sp³-hybridized carbons (Fsp3) is 0.944. The Bertz CT molecular complexity index is 452. The lowest BCUT2D eigenvalue weighted by atomic mass is 9.96. The molecule has 1 heterocycles. The minimum atomic E-state index is -5.15. The topological polar surface area (TPSA) is 108 Å². The number of hydrogen-bond acceptors (Lipinski definition) is 6. The second kappa shape index (κ2) is 12.6. The van der Waals surface area contributed by atoms with Crippen molar-refractivity contribution in [1.29, 1.82) is 0 Å². The normalized spacial score (nSPS) is 28.3. The van der Waals surface area contributed by atoms with Crippen LogP contribution in [0.25, 0.3) is 0 Å². The van der Waals surface area contributed by atoms with Crippen LogP contribution in [0.2, 0.25) is 0 Å². The standard InChI is InChI=1S/C18H32F3NO6/c1-2-3-4-5-6-7-8-9-10-27-15-13(22-17(26)18(19,20)21)16(25)28-12(11-23)14(15)24/h12-16,23-25H,2-11H2,1H3,(H,22,26)/t12-,13-,14-,15?,16+/m1/s1. The third kappa shape index (κ3) is 8.20. The largest absolute Gasteiger partial charge is 0.471 e. The minimum Gasteiger partial charge on any atom is -0.394 e. The number of amides is 1. The SMILES string of the molecule is CCCCCCCCCCOC1[C@@H](NC(=O)C(F)(F)F)[C@@H](O)O[C@H](CO)[C@H]1O. The van der Waals surface area contributed by atoms with Crippen molar-refractivity contribution in [2.24, 2.45) is 0 Å². The molecule has 0 aromatic heterocycles. The summed E-state index contributed by atoms with van der Waals surface area (Å²) < 4.78 is 47.9. The zero-order valence-electron chi connectivity index (χ0n) is 16.2. The van der Waals surface area contributed by atoms with E-state index in [1.807, 2.05) is 0 Å². The van der Waals surface area contributed by atoms with Crippen molar-refractivity contribution >= 4 is 5.91 Å². The van der Waals surface area contributed by atoms with E-state index in [1.54, 1.807) is 5.32 Å². The molecule has 1 rings (SSSR count). The van der Waals surface area contributed by atoms with Gasteiger partial charge in [-0.3, -0.25) is 4.79 Å². The summed E-state index contributed by atoms with van der Waals surface area (Å²) in [6.45, 7) is 1.63. The molecule has 1 fully saturated rings. The molecule has 1 aliphatic heterocycles. The summed E-state index contributed by atoms with van der Waals surface area (Å²) in [4.78, 5) is 11.2. The number of aliphatic hydroxyl groups excluding tert-OH is 3. The first-order valence-electron chi connectivity index (χ1n) is 9.84. The first-order valence-corrected chi connectivity index (χ1v) is 9.84. The number of unbranched alkanes of at least 4 members (excludes halogenated alkanes) is 7. The van der Waals surface area contributed by atoms with Gasteiger partial charge < -0.3 is 30.1 Å². The quantitative estimate of drug-likeness (QED) is 0.361. The number of carbonyl (C=O) groups excluding carboxylic acids is 1. The molecule has 1 unspecified atom stereocenters. The molecule has 166 valence electrons. The van der Waals surface area contributed by atoms with Crippen LogP contribution in [0.4, 0.5) is 13.2 Å². The maximum absolute atomic E-state index is 12.5. The molecule has 28 heavy (non-hydrogen) atoms. The maximum atomic E-state index is 12.5. The highest BCUT2D eigenvalue weighted by molar-refractivity contribution is 5.82. The third-order valence-electron chi connectivity index (χ3n) is 4.74. The summed E-state index contributed by atoms with van der Waals surface area (Å²) in [5.41, 5.74) is 0. The molecule has 10 heteroatoms. The monoisotopic (exact) mass is 415 g/mol. The van der Waals surface area contributed by atoms with Gasteiger partial charge in [0.1, 0.15) is 24.4 Å². The van der Waals surface area contributed by atoms with Gasteiger partial charge in [-0.25, -0.2) is 0 Å². The molecule has 1 saturated heterocycles. The van der Waals surface area contributed by atoms with Crippen LogP contribution in [0.15, 0.2) is 0 Å². The predicted molar refractivity (Wildman–Crippen MR) is 94.3 cm³/mol. The zero-order chi connectivity index (χ0) is 21.2. The number of rotatable bonds is 12. The van der Waals surface area contributed by atoms with Crippen molar-refractivity contribution in [3.8, 4) is 0 Å². The van der Waals surface area contributed by atoms with Crippen molar-refractivity contribution in [1.82, 2.24) is 5.32 Å². The molecule has 0 saturated carbocycles. The summed E-state index contributed by atoms with van der Waals surface area (Å²) in [5.74, 6) is -2.27. The first-order chi connectivity index (χ1) is 13.2. The molecule has 0 radical (unpaired) electrons. The number of alkyl halides is 3. The average Bonchev–Trinajstić information content (AvgIpc) is 2.63. The molecule has 4 N–H and O–H groups in total. The highest BCUT2D eigenvalue weighted by Crippen LogP contribution is 2.24. The molecule has 0 bridgehead atoms. The van der Waals surface area contributed by atoms with Crippen LogP contribution in [0.1, 0.15) is 58.3 Å². The van der Waals surface area contributed by atoms with Gasteiger partial charge >= 0.3 is 12.1 Å². The summed E-state index contributed by atoms with van der Waals surface area (Å²) in [6.07, 6.45) is -2.75. The molecule has 0 aliphatic carbocycles. The Morgan fingerprint density at radius 3 is 2.18 bits per heavy atom. The highest BCUT2D eigenvalue weighted by atomic mass is 19.4. The van der Waals surface area contributed by atoms with E-state index in [9.17, 15) is 33.3 Å². The smallest absolute Gasteiger partial charge is 0.394 e. The summed E-state index contributed by atoms with van der Waals surface area (Å²) in [7, 11) is 0. The molecule has 7 nitrogen and oxygen atoms in total. The van der Waals surface area contributed by atoms with E-state index in [2.05, 4.69) is 6.92 Å². The third-order valence-corrected chi connectivity index (χ3v) is 4.74. The van der Waals surface area contributed by atoms with E-state index < -0.39 is 49.3 Å². The molecule has 0 aromatic rings. The molecular weight excluding hydrogens is 383 g/mol. The van der Waals surface area contributed by atoms with Crippen LogP contribution in [-0.4, -0.2) is 71.3 Å². The molecular formula is C18H32F3NO6. The lowest BCUT2D eigenvalue weighted by molar-refractivity contribution is -0.264. The lowest BCUT2D eigenvalue weighted by Gasteiger charge is -2.42. The van der Waals surface area contributed by atoms with Crippen LogP contribution in [0.3, 0.4) is 0 Å². The van der Waals surface area contributed by atoms with E-state index in [0.717, 1.165) is 25.7 Å². The summed E-state index contributed by atoms with van der Waals surface area (Å²) in [6, 6.07) is -1.61. The van der Waals surface area contributed by atoms with E-state index in [4.69, 9.17) is 9.47 Å². The van der Waals surface area contributed by atoms with Crippen LogP contribution >= 0.6 is 0 Å². The number of hydrogen-bond donors (Lipinski definition) is 4. The fourth-order valence-electron chi connectivity index (χ4n) is 3.13. The van der Waals surface area contributed by atoms with Gasteiger partial charge in [0.15, 0.2) is 6.29 Å². The Morgan fingerprint density at radius 1 is 1.07 bits per heavy atom. The van der Waals surface area contributed by atoms with Crippen LogP contribution in [-0.2, 0) is 14.3 Å². The van der Waals surface area contributed by atoms with E-state index in [-0.39, 0.29) is 6.61 Å². The number of halogens is 3. The van der Waals surface area contributed by atoms with Gasteiger partial charge in [0, 0.05) is 6.61 Å². The Morgan fingerprint density at radius 2 is 1.64 bits per heavy atom. The molecule has 1 aliphatic rings. The Hall–Kier alpha value is -0.940. The van der Waals surface area contributed by atoms with Crippen molar-refractivity contribution in [3.05, 3.63) is 0 Å². The minimum absolute atomic E-state index is 0.139. The van der Waals surface area contributed by atoms with E-state index in [0.29, 0.717) is 6.42 Å². The lowest BCUT2D eigenvalue weighted by Crippen LogP contribution is -2.66. The van der Waals surface area contributed by atoms with Crippen LogP contribution in [0.5, 0.6) is 0 Å². The number of aliphatic hydroxyl groups is 3. The van der Waals surface area contributed by atoms with Crippen LogP contribution < -0.4 is 5.32 Å². The van der Waals surface area contributed by atoms with Gasteiger partial charge in [0.2, 0.25) is 0 Å². The van der Waals surface area contributed by atoms with Gasteiger partial charge in [0.05, 0.1) is 6.61 Å². The van der Waals surface area contributed by atoms with Gasteiger partial charge in [0.25, 0.3) is 0 Å². The second-order valence-electron chi connectivity index (χ2n) is 7.05. The summed E-state index contributed by atoms with van der Waals surface area (Å²) in [5, 5.41) is 30.9. The summed E-state index contributed by atoms with van der Waals surface area (Å²) >= 11 is 0. The molecule has 0 spiro atoms. The highest BCUT2D eigenvalue weighted by Gasteiger charge is 2.49. The van der Waals surface area contributed by atoms with Crippen molar-refractivity contribution in [2.45, 2.75) is 95.1 Å². The van der Waals surface area contributed by atoms with E-state index >= 15 is 0 Å². The molecule has 0 aromatic carbocycles. The Balaban J connectivity index is 2.52. The van der Waals surface area contributed by atoms with Gasteiger partial charge in [-0.15, -0.1) is 0 Å². The Kier molecular flexibility index (Phi) is 11.3. The molecule has 1 amide bonds. The van der Waals surface area contributed by atoms with E-state index in [1.165, 1.54) is 19.3 Å². The van der Waals surface area contributed by atoms with Crippen molar-refractivity contribution in [3.63, 3.8) is 0 Å². The maximum Gasteiger partial charge on any atom is 0.471 e. The zero-order valence-corrected chi connectivity index (χ0v) is 16.2. The van der Waals surface area contributed by atoms with Gasteiger partial charge in [-0.1, -0.05) is 51.9 Å². The van der Waals surface area contributed by atoms with Gasteiger partial charge in [-0.05, 0) is 6.42 Å². The second-order valence-corrected chi connectivity index (χ2v) is 7.05. The van der Waals surface area contributed by atoms with Crippen LogP contribution in [0, 0.1) is 0 Å². The number of ether oxygens (including phenoxy) is 2. The Labute approximate surface area is 163 Å².